The Morgan fingerprint density at radius 3 is 2.47 bits per heavy atom. The average Bonchev–Trinajstić information content (AvgIpc) is 2.67. The summed E-state index contributed by atoms with van der Waals surface area (Å²) < 4.78 is 0. The molecule has 1 N–H and O–H groups in total. The van der Waals surface area contributed by atoms with Crippen molar-refractivity contribution < 1.29 is 0 Å². The number of rotatable bonds is 6. The zero-order valence-electron chi connectivity index (χ0n) is 10.9. The molecule has 2 heteroatoms. The van der Waals surface area contributed by atoms with Crippen LogP contribution in [0, 0.1) is 5.92 Å². The Morgan fingerprint density at radius 2 is 1.93 bits per heavy atom. The summed E-state index contributed by atoms with van der Waals surface area (Å²) in [5, 5.41) is 3.47. The highest BCUT2D eigenvalue weighted by Crippen LogP contribution is 2.26. The van der Waals surface area contributed by atoms with Gasteiger partial charge in [0, 0.05) is 18.6 Å². The lowest BCUT2D eigenvalue weighted by molar-refractivity contribution is 0.185. The summed E-state index contributed by atoms with van der Waals surface area (Å²) in [4.78, 5) is 2.57. The standard InChI is InChI=1S/C13H28N2/c1-5-12(6-2)15(4)10-11-8-7-9-13(11)14-3/h11-14H,5-10H2,1-4H3. The summed E-state index contributed by atoms with van der Waals surface area (Å²) in [6.45, 7) is 5.88. The topological polar surface area (TPSA) is 15.3 Å². The molecule has 1 saturated carbocycles. The fraction of sp³-hybridized carbons (Fsp3) is 1.00. The molecule has 2 atom stereocenters. The zero-order chi connectivity index (χ0) is 11.3. The van der Waals surface area contributed by atoms with Crippen molar-refractivity contribution in [2.24, 2.45) is 5.92 Å². The second kappa shape index (κ2) is 6.49. The molecule has 0 saturated heterocycles. The molecule has 0 bridgehead atoms. The van der Waals surface area contributed by atoms with Gasteiger partial charge in [0.1, 0.15) is 0 Å². The van der Waals surface area contributed by atoms with Crippen molar-refractivity contribution in [3.8, 4) is 0 Å². The summed E-state index contributed by atoms with van der Waals surface area (Å²) in [6.07, 6.45) is 6.76. The van der Waals surface area contributed by atoms with Crippen molar-refractivity contribution >= 4 is 0 Å². The molecule has 0 aromatic heterocycles. The third-order valence-electron chi connectivity index (χ3n) is 4.12. The molecule has 90 valence electrons. The van der Waals surface area contributed by atoms with E-state index in [1.54, 1.807) is 0 Å². The van der Waals surface area contributed by atoms with Gasteiger partial charge in [-0.3, -0.25) is 0 Å². The minimum Gasteiger partial charge on any atom is -0.317 e. The minimum atomic E-state index is 0.766. The molecule has 0 aromatic rings. The molecular weight excluding hydrogens is 184 g/mol. The highest BCUT2D eigenvalue weighted by Gasteiger charge is 2.27. The van der Waals surface area contributed by atoms with Crippen molar-refractivity contribution in [2.45, 2.75) is 58.0 Å². The monoisotopic (exact) mass is 212 g/mol. The van der Waals surface area contributed by atoms with Gasteiger partial charge in [-0.2, -0.15) is 0 Å². The molecule has 1 aliphatic rings. The van der Waals surface area contributed by atoms with Crippen LogP contribution in [0.4, 0.5) is 0 Å². The van der Waals surface area contributed by atoms with Crippen LogP contribution in [0.3, 0.4) is 0 Å². The normalized spacial score (nSPS) is 26.8. The van der Waals surface area contributed by atoms with E-state index in [4.69, 9.17) is 0 Å². The smallest absolute Gasteiger partial charge is 0.0104 e. The van der Waals surface area contributed by atoms with E-state index in [0.717, 1.165) is 18.0 Å². The predicted molar refractivity (Wildman–Crippen MR) is 67.2 cm³/mol. The second-order valence-corrected chi connectivity index (χ2v) is 5.00. The highest BCUT2D eigenvalue weighted by molar-refractivity contribution is 4.84. The molecule has 0 radical (unpaired) electrons. The SMILES string of the molecule is CCC(CC)N(C)CC1CCCC1NC. The summed E-state index contributed by atoms with van der Waals surface area (Å²) in [5.74, 6) is 0.876. The molecule has 0 spiro atoms. The summed E-state index contributed by atoms with van der Waals surface area (Å²) in [5.41, 5.74) is 0. The first-order valence-corrected chi connectivity index (χ1v) is 6.60. The molecule has 0 aromatic carbocycles. The Bertz CT molecular complexity index is 166. The van der Waals surface area contributed by atoms with Gasteiger partial charge in [0.2, 0.25) is 0 Å². The highest BCUT2D eigenvalue weighted by atomic mass is 15.1. The molecule has 1 rings (SSSR count). The number of hydrogen-bond donors (Lipinski definition) is 1. The van der Waals surface area contributed by atoms with Crippen LogP contribution >= 0.6 is 0 Å². The van der Waals surface area contributed by atoms with Crippen LogP contribution in [0.1, 0.15) is 46.0 Å². The maximum Gasteiger partial charge on any atom is 0.0104 e. The third kappa shape index (κ3) is 3.46. The van der Waals surface area contributed by atoms with Crippen molar-refractivity contribution in [3.05, 3.63) is 0 Å². The largest absolute Gasteiger partial charge is 0.317 e. The van der Waals surface area contributed by atoms with Crippen molar-refractivity contribution in [1.29, 1.82) is 0 Å². The first-order valence-electron chi connectivity index (χ1n) is 6.60. The van der Waals surface area contributed by atoms with Crippen LogP contribution in [0.5, 0.6) is 0 Å². The average molecular weight is 212 g/mol. The molecule has 2 unspecified atom stereocenters. The van der Waals surface area contributed by atoms with E-state index in [0.29, 0.717) is 0 Å². The molecule has 1 fully saturated rings. The summed E-state index contributed by atoms with van der Waals surface area (Å²) in [6, 6.07) is 1.55. The maximum atomic E-state index is 3.47. The second-order valence-electron chi connectivity index (χ2n) is 5.00. The molecule has 0 aliphatic heterocycles. The van der Waals surface area contributed by atoms with Crippen LogP contribution in [0.2, 0.25) is 0 Å². The van der Waals surface area contributed by atoms with Gasteiger partial charge >= 0.3 is 0 Å². The quantitative estimate of drug-likeness (QED) is 0.728. The lowest BCUT2D eigenvalue weighted by Crippen LogP contribution is -2.40. The molecule has 0 amide bonds. The van der Waals surface area contributed by atoms with Crippen molar-refractivity contribution in [3.63, 3.8) is 0 Å². The zero-order valence-corrected chi connectivity index (χ0v) is 10.9. The molecule has 15 heavy (non-hydrogen) atoms. The fourth-order valence-corrected chi connectivity index (χ4v) is 3.07. The van der Waals surface area contributed by atoms with Gasteiger partial charge < -0.3 is 10.2 Å². The summed E-state index contributed by atoms with van der Waals surface area (Å²) >= 11 is 0. The van der Waals surface area contributed by atoms with Crippen molar-refractivity contribution in [1.82, 2.24) is 10.2 Å². The van der Waals surface area contributed by atoms with Crippen LogP contribution in [0.25, 0.3) is 0 Å². The Kier molecular flexibility index (Phi) is 5.62. The van der Waals surface area contributed by atoms with Gasteiger partial charge in [-0.1, -0.05) is 20.3 Å². The van der Waals surface area contributed by atoms with Gasteiger partial charge in [0.15, 0.2) is 0 Å². The van der Waals surface area contributed by atoms with E-state index >= 15 is 0 Å². The van der Waals surface area contributed by atoms with Crippen molar-refractivity contribution in [2.75, 3.05) is 20.6 Å². The number of nitrogens with zero attached hydrogens (tertiary/aromatic N) is 1. The predicted octanol–water partition coefficient (Wildman–Crippen LogP) is 2.49. The van der Waals surface area contributed by atoms with E-state index in [1.807, 2.05) is 0 Å². The maximum absolute atomic E-state index is 3.47. The Morgan fingerprint density at radius 1 is 1.27 bits per heavy atom. The number of hydrogen-bond acceptors (Lipinski definition) is 2. The van der Waals surface area contributed by atoms with Gasteiger partial charge in [-0.15, -0.1) is 0 Å². The first-order chi connectivity index (χ1) is 7.22. The van der Waals surface area contributed by atoms with Crippen LogP contribution in [0.15, 0.2) is 0 Å². The molecular formula is C13H28N2. The van der Waals surface area contributed by atoms with Gasteiger partial charge in [-0.25, -0.2) is 0 Å². The lowest BCUT2D eigenvalue weighted by Gasteiger charge is -2.31. The van der Waals surface area contributed by atoms with Gasteiger partial charge in [0.25, 0.3) is 0 Å². The molecule has 1 aliphatic carbocycles. The number of nitrogens with one attached hydrogen (secondary N) is 1. The van der Waals surface area contributed by atoms with Gasteiger partial charge in [-0.05, 0) is 45.7 Å². The Labute approximate surface area is 95.4 Å². The Balaban J connectivity index is 2.39. The molecule has 0 heterocycles. The third-order valence-corrected chi connectivity index (χ3v) is 4.12. The van der Waals surface area contributed by atoms with E-state index in [2.05, 4.69) is 38.2 Å². The van der Waals surface area contributed by atoms with Crippen LogP contribution in [-0.2, 0) is 0 Å². The van der Waals surface area contributed by atoms with E-state index in [1.165, 1.54) is 38.6 Å². The van der Waals surface area contributed by atoms with Gasteiger partial charge in [0.05, 0.1) is 0 Å². The lowest BCUT2D eigenvalue weighted by atomic mass is 10.0. The van der Waals surface area contributed by atoms with Crippen LogP contribution < -0.4 is 5.32 Å². The van der Waals surface area contributed by atoms with E-state index < -0.39 is 0 Å². The fourth-order valence-electron chi connectivity index (χ4n) is 3.07. The molecule has 2 nitrogen and oxygen atoms in total. The van der Waals surface area contributed by atoms with E-state index in [9.17, 15) is 0 Å². The summed E-state index contributed by atoms with van der Waals surface area (Å²) in [7, 11) is 4.41. The van der Waals surface area contributed by atoms with E-state index in [-0.39, 0.29) is 0 Å². The first kappa shape index (κ1) is 13.0. The van der Waals surface area contributed by atoms with Crippen LogP contribution in [-0.4, -0.2) is 37.6 Å². The minimum absolute atomic E-state index is 0.766. The Hall–Kier alpha value is -0.0800.